The van der Waals surface area contributed by atoms with Crippen LogP contribution in [0.4, 0.5) is 5.69 Å². The molecule has 6 atom stereocenters. The Morgan fingerprint density at radius 3 is 2.41 bits per heavy atom. The number of nitrogens with zero attached hydrogens (tertiary/aromatic N) is 1. The lowest BCUT2D eigenvalue weighted by atomic mass is 9.48. The summed E-state index contributed by atoms with van der Waals surface area (Å²) in [4.78, 5) is 27.6. The number of aryl methyl sites for hydroxylation is 1. The zero-order valence-corrected chi connectivity index (χ0v) is 25.2. The molecule has 3 saturated carbocycles. The number of benzene rings is 1. The molecule has 1 aromatic rings. The van der Waals surface area contributed by atoms with Gasteiger partial charge in [-0.3, -0.25) is 9.59 Å². The van der Waals surface area contributed by atoms with Crippen molar-refractivity contribution in [3.63, 3.8) is 0 Å². The highest BCUT2D eigenvalue weighted by Gasteiger charge is 2.58. The highest BCUT2D eigenvalue weighted by atomic mass is 35.5. The van der Waals surface area contributed by atoms with Crippen molar-refractivity contribution in [2.45, 2.75) is 90.6 Å². The molecule has 4 aliphatic rings. The van der Waals surface area contributed by atoms with Gasteiger partial charge in [0.1, 0.15) is 11.9 Å². The van der Waals surface area contributed by atoms with E-state index in [1.165, 1.54) is 17.6 Å². The van der Waals surface area contributed by atoms with Crippen LogP contribution in [0.2, 0.25) is 0 Å². The van der Waals surface area contributed by atoms with E-state index in [1.807, 2.05) is 0 Å². The van der Waals surface area contributed by atoms with Crippen LogP contribution in [0.1, 0.15) is 83.6 Å². The van der Waals surface area contributed by atoms with E-state index in [2.05, 4.69) is 49.1 Å². The molecule has 0 spiro atoms. The molecule has 39 heavy (non-hydrogen) atoms. The number of carbonyl (C=O) groups is 2. The van der Waals surface area contributed by atoms with E-state index in [-0.39, 0.29) is 22.9 Å². The number of esters is 1. The second-order valence-corrected chi connectivity index (χ2v) is 13.7. The third-order valence-electron chi connectivity index (χ3n) is 10.9. The van der Waals surface area contributed by atoms with Crippen LogP contribution in [0.3, 0.4) is 0 Å². The molecular formula is C33H45Cl2NO3. The van der Waals surface area contributed by atoms with Crippen LogP contribution in [0.15, 0.2) is 35.9 Å². The third-order valence-corrected chi connectivity index (χ3v) is 11.3. The summed E-state index contributed by atoms with van der Waals surface area (Å²) in [6, 6.07) is 8.50. The Labute approximate surface area is 244 Å². The smallest absolute Gasteiger partial charge is 0.306 e. The molecule has 0 bridgehead atoms. The lowest BCUT2D eigenvalue weighted by Crippen LogP contribution is -2.50. The Hall–Kier alpha value is -1.52. The minimum absolute atomic E-state index is 0.00409. The first-order chi connectivity index (χ1) is 18.8. The maximum atomic E-state index is 12.7. The number of anilines is 1. The average molecular weight is 575 g/mol. The van der Waals surface area contributed by atoms with Crippen molar-refractivity contribution in [1.29, 1.82) is 0 Å². The van der Waals surface area contributed by atoms with Crippen LogP contribution < -0.4 is 4.90 Å². The normalized spacial score (nSPS) is 33.5. The van der Waals surface area contributed by atoms with Crippen molar-refractivity contribution in [3.05, 3.63) is 41.5 Å². The van der Waals surface area contributed by atoms with Gasteiger partial charge in [0.2, 0.25) is 0 Å². The first kappa shape index (κ1) is 29.0. The number of allylic oxidation sites excluding steroid dienone is 1. The molecule has 0 aliphatic heterocycles. The second kappa shape index (κ2) is 12.1. The lowest BCUT2D eigenvalue weighted by Gasteiger charge is -2.56. The Balaban J connectivity index is 1.10. The fourth-order valence-corrected chi connectivity index (χ4v) is 9.04. The van der Waals surface area contributed by atoms with Crippen molar-refractivity contribution in [2.75, 3.05) is 29.7 Å². The van der Waals surface area contributed by atoms with Gasteiger partial charge in [0.15, 0.2) is 0 Å². The number of fused-ring (bicyclic) bond motifs is 5. The fraction of sp³-hybridized carbons (Fsp3) is 0.697. The summed E-state index contributed by atoms with van der Waals surface area (Å²) in [6.45, 7) is 6.26. The number of ketones is 1. The summed E-state index contributed by atoms with van der Waals surface area (Å²) in [5, 5.41) is 0. The molecule has 6 unspecified atom stereocenters. The number of rotatable bonds is 10. The molecule has 0 N–H and O–H groups in total. The van der Waals surface area contributed by atoms with E-state index >= 15 is 0 Å². The average Bonchev–Trinajstić information content (AvgIpc) is 3.23. The first-order valence-corrected chi connectivity index (χ1v) is 16.2. The van der Waals surface area contributed by atoms with Crippen LogP contribution in [0, 0.1) is 28.6 Å². The zero-order valence-electron chi connectivity index (χ0n) is 23.7. The monoisotopic (exact) mass is 573 g/mol. The Bertz CT molecular complexity index is 1070. The number of Topliss-reactive ketones (excluding diaryl/α,β-unsaturated/α-hetero) is 1. The molecule has 0 aromatic heterocycles. The number of hydrogen-bond donors (Lipinski definition) is 0. The van der Waals surface area contributed by atoms with E-state index in [4.69, 9.17) is 27.9 Å². The summed E-state index contributed by atoms with van der Waals surface area (Å²) >= 11 is 11.9. The van der Waals surface area contributed by atoms with Crippen molar-refractivity contribution in [2.24, 2.45) is 28.6 Å². The fourth-order valence-electron chi connectivity index (χ4n) is 8.63. The molecule has 0 amide bonds. The van der Waals surface area contributed by atoms with E-state index in [0.29, 0.717) is 41.7 Å². The van der Waals surface area contributed by atoms with Crippen LogP contribution in [-0.4, -0.2) is 42.7 Å². The summed E-state index contributed by atoms with van der Waals surface area (Å²) in [7, 11) is 0. The molecule has 5 rings (SSSR count). The zero-order chi connectivity index (χ0) is 27.6. The minimum atomic E-state index is -0.0769. The number of carbonyl (C=O) groups excluding carboxylic acids is 2. The number of ether oxygens (including phenoxy) is 1. The van der Waals surface area contributed by atoms with Gasteiger partial charge in [0, 0.05) is 55.2 Å². The lowest BCUT2D eigenvalue weighted by molar-refractivity contribution is -0.151. The SMILES string of the molecule is CC12CCC3C(CC=C4CC(OC(=O)CCCc5ccc(N(CCCl)CCCl)cc5)CCC43C)C1CCC2=O. The van der Waals surface area contributed by atoms with Crippen LogP contribution in [0.25, 0.3) is 0 Å². The quantitative estimate of drug-likeness (QED) is 0.163. The Morgan fingerprint density at radius 2 is 1.69 bits per heavy atom. The molecule has 4 aliphatic carbocycles. The highest BCUT2D eigenvalue weighted by Crippen LogP contribution is 2.64. The largest absolute Gasteiger partial charge is 0.462 e. The maximum absolute atomic E-state index is 12.7. The molecule has 214 valence electrons. The van der Waals surface area contributed by atoms with E-state index in [9.17, 15) is 9.59 Å². The summed E-state index contributed by atoms with van der Waals surface area (Å²) in [6.07, 6.45) is 12.7. The van der Waals surface area contributed by atoms with Crippen LogP contribution in [0.5, 0.6) is 0 Å². The van der Waals surface area contributed by atoms with Gasteiger partial charge in [0.25, 0.3) is 0 Å². The minimum Gasteiger partial charge on any atom is -0.462 e. The maximum Gasteiger partial charge on any atom is 0.306 e. The Morgan fingerprint density at radius 1 is 1.00 bits per heavy atom. The van der Waals surface area contributed by atoms with Crippen molar-refractivity contribution < 1.29 is 14.3 Å². The molecule has 4 nitrogen and oxygen atoms in total. The molecule has 0 saturated heterocycles. The van der Waals surface area contributed by atoms with E-state index in [1.54, 1.807) is 0 Å². The van der Waals surface area contributed by atoms with Gasteiger partial charge >= 0.3 is 5.97 Å². The summed E-state index contributed by atoms with van der Waals surface area (Å²) < 4.78 is 6.01. The molecule has 6 heteroatoms. The molecule has 0 radical (unpaired) electrons. The predicted molar refractivity (Wildman–Crippen MR) is 160 cm³/mol. The van der Waals surface area contributed by atoms with Gasteiger partial charge in [-0.2, -0.15) is 0 Å². The van der Waals surface area contributed by atoms with Crippen molar-refractivity contribution >= 4 is 40.6 Å². The Kier molecular flexibility index (Phi) is 9.03. The number of alkyl halides is 2. The van der Waals surface area contributed by atoms with Gasteiger partial charge < -0.3 is 9.64 Å². The third kappa shape index (κ3) is 5.80. The van der Waals surface area contributed by atoms with E-state index in [0.717, 1.165) is 76.6 Å². The van der Waals surface area contributed by atoms with Crippen LogP contribution in [-0.2, 0) is 20.7 Å². The van der Waals surface area contributed by atoms with Crippen LogP contribution >= 0.6 is 23.2 Å². The first-order valence-electron chi connectivity index (χ1n) is 15.2. The number of hydrogen-bond acceptors (Lipinski definition) is 4. The molecular weight excluding hydrogens is 529 g/mol. The van der Waals surface area contributed by atoms with Gasteiger partial charge in [-0.1, -0.05) is 37.6 Å². The predicted octanol–water partition coefficient (Wildman–Crippen LogP) is 7.74. The highest BCUT2D eigenvalue weighted by molar-refractivity contribution is 6.18. The van der Waals surface area contributed by atoms with Gasteiger partial charge in [-0.15, -0.1) is 23.2 Å². The number of halogens is 2. The van der Waals surface area contributed by atoms with Gasteiger partial charge in [-0.05, 0) is 92.2 Å². The summed E-state index contributed by atoms with van der Waals surface area (Å²) in [5.41, 5.74) is 4.00. The molecule has 1 aromatic carbocycles. The summed E-state index contributed by atoms with van der Waals surface area (Å²) in [5.74, 6) is 3.45. The van der Waals surface area contributed by atoms with Gasteiger partial charge in [0.05, 0.1) is 0 Å². The molecule has 3 fully saturated rings. The second-order valence-electron chi connectivity index (χ2n) is 12.9. The van der Waals surface area contributed by atoms with Gasteiger partial charge in [-0.25, -0.2) is 0 Å². The molecule has 0 heterocycles. The van der Waals surface area contributed by atoms with E-state index < -0.39 is 0 Å². The topological polar surface area (TPSA) is 46.6 Å². The standard InChI is InChI=1S/C33H45Cl2NO3/c1-32-16-14-26(22-24(32)8-11-27-28-12-13-30(37)33(28,2)17-15-29(27)32)39-31(38)5-3-4-23-6-9-25(10-7-23)36(20-18-34)21-19-35/h6-10,26-29H,3-5,11-22H2,1-2H3. The van der Waals surface area contributed by atoms with Crippen molar-refractivity contribution in [3.8, 4) is 0 Å². The van der Waals surface area contributed by atoms with Crippen molar-refractivity contribution in [1.82, 2.24) is 0 Å².